The van der Waals surface area contributed by atoms with E-state index in [1.807, 2.05) is 6.92 Å². The highest BCUT2D eigenvalue weighted by atomic mass is 32.2. The zero-order chi connectivity index (χ0) is 13.6. The second kappa shape index (κ2) is 7.43. The monoisotopic (exact) mass is 278 g/mol. The molecule has 0 saturated carbocycles. The van der Waals surface area contributed by atoms with E-state index in [9.17, 15) is 8.42 Å². The van der Waals surface area contributed by atoms with Gasteiger partial charge in [-0.3, -0.25) is 0 Å². The molecule has 18 heavy (non-hydrogen) atoms. The molecule has 0 bridgehead atoms. The third-order valence-corrected chi connectivity index (χ3v) is 5.60. The molecule has 0 aromatic heterocycles. The van der Waals surface area contributed by atoms with Crippen molar-refractivity contribution in [3.63, 3.8) is 0 Å². The molecule has 2 unspecified atom stereocenters. The van der Waals surface area contributed by atoms with Gasteiger partial charge in [-0.25, -0.2) is 12.7 Å². The predicted molar refractivity (Wildman–Crippen MR) is 73.1 cm³/mol. The first-order valence-electron chi connectivity index (χ1n) is 6.72. The Bertz CT molecular complexity index is 326. The van der Waals surface area contributed by atoms with E-state index in [0.29, 0.717) is 25.6 Å². The van der Waals surface area contributed by atoms with Crippen molar-refractivity contribution in [2.75, 3.05) is 39.9 Å². The fourth-order valence-corrected chi connectivity index (χ4v) is 3.54. The summed E-state index contributed by atoms with van der Waals surface area (Å²) in [6.45, 7) is 7.09. The molecule has 1 aliphatic heterocycles. The van der Waals surface area contributed by atoms with Crippen LogP contribution in [0.1, 0.15) is 26.7 Å². The molecule has 108 valence electrons. The topological polar surface area (TPSA) is 58.6 Å². The molecular formula is C12H26N2O3S. The molecule has 1 N–H and O–H groups in total. The first kappa shape index (κ1) is 15.9. The molecule has 0 aromatic carbocycles. The van der Waals surface area contributed by atoms with Crippen LogP contribution in [0.5, 0.6) is 0 Å². The smallest absolute Gasteiger partial charge is 0.217 e. The zero-order valence-electron chi connectivity index (χ0n) is 11.7. The second-order valence-electron chi connectivity index (χ2n) is 5.03. The van der Waals surface area contributed by atoms with E-state index in [4.69, 9.17) is 4.74 Å². The fourth-order valence-electron chi connectivity index (χ4n) is 2.18. The Morgan fingerprint density at radius 3 is 2.78 bits per heavy atom. The summed E-state index contributed by atoms with van der Waals surface area (Å²) in [6.07, 6.45) is 2.09. The summed E-state index contributed by atoms with van der Waals surface area (Å²) < 4.78 is 31.4. The molecule has 1 aliphatic rings. The van der Waals surface area contributed by atoms with E-state index >= 15 is 0 Å². The highest BCUT2D eigenvalue weighted by Crippen LogP contribution is 2.17. The molecular weight excluding hydrogens is 252 g/mol. The van der Waals surface area contributed by atoms with E-state index in [0.717, 1.165) is 26.0 Å². The number of sulfonamides is 1. The lowest BCUT2D eigenvalue weighted by Crippen LogP contribution is -2.43. The van der Waals surface area contributed by atoms with E-state index < -0.39 is 10.0 Å². The Kier molecular flexibility index (Phi) is 6.55. The molecule has 2 atom stereocenters. The highest BCUT2D eigenvalue weighted by Gasteiger charge is 2.28. The Labute approximate surface area is 111 Å². The summed E-state index contributed by atoms with van der Waals surface area (Å²) >= 11 is 0. The molecule has 6 heteroatoms. The molecule has 0 amide bonds. The van der Waals surface area contributed by atoms with Gasteiger partial charge in [0.2, 0.25) is 10.0 Å². The first-order chi connectivity index (χ1) is 8.48. The minimum Gasteiger partial charge on any atom is -0.381 e. The van der Waals surface area contributed by atoms with Gasteiger partial charge in [0, 0.05) is 26.7 Å². The van der Waals surface area contributed by atoms with Crippen molar-refractivity contribution in [1.29, 1.82) is 0 Å². The van der Waals surface area contributed by atoms with Crippen molar-refractivity contribution < 1.29 is 13.2 Å². The summed E-state index contributed by atoms with van der Waals surface area (Å²) in [5.41, 5.74) is 0. The van der Waals surface area contributed by atoms with Crippen LogP contribution >= 0.6 is 0 Å². The molecule has 0 radical (unpaired) electrons. The normalized spacial score (nSPS) is 23.2. The number of rotatable bonds is 7. The van der Waals surface area contributed by atoms with E-state index in [2.05, 4.69) is 5.32 Å². The van der Waals surface area contributed by atoms with Crippen molar-refractivity contribution in [2.24, 2.45) is 5.92 Å². The standard InChI is InChI=1S/C12H26N2O3S/c1-4-13-8-11(2)18(15,16)14(3)9-12-6-5-7-17-10-12/h11-13H,4-10H2,1-3H3. The molecule has 1 fully saturated rings. The highest BCUT2D eigenvalue weighted by molar-refractivity contribution is 7.89. The van der Waals surface area contributed by atoms with E-state index in [1.165, 1.54) is 4.31 Å². The average molecular weight is 278 g/mol. The van der Waals surface area contributed by atoms with Gasteiger partial charge < -0.3 is 10.1 Å². The van der Waals surface area contributed by atoms with Crippen LogP contribution in [0.2, 0.25) is 0 Å². The van der Waals surface area contributed by atoms with Crippen molar-refractivity contribution in [2.45, 2.75) is 31.9 Å². The second-order valence-corrected chi connectivity index (χ2v) is 7.48. The molecule has 1 saturated heterocycles. The first-order valence-corrected chi connectivity index (χ1v) is 8.22. The van der Waals surface area contributed by atoms with Crippen LogP contribution in [0.4, 0.5) is 0 Å². The lowest BCUT2D eigenvalue weighted by Gasteiger charge is -2.28. The molecule has 0 aromatic rings. The maximum absolute atomic E-state index is 12.3. The largest absolute Gasteiger partial charge is 0.381 e. The minimum atomic E-state index is -3.20. The predicted octanol–water partition coefficient (Wildman–Crippen LogP) is 0.673. The quantitative estimate of drug-likeness (QED) is 0.744. The number of nitrogens with zero attached hydrogens (tertiary/aromatic N) is 1. The van der Waals surface area contributed by atoms with Gasteiger partial charge in [-0.15, -0.1) is 0 Å². The summed E-state index contributed by atoms with van der Waals surface area (Å²) in [5.74, 6) is 0.338. The number of hydrogen-bond acceptors (Lipinski definition) is 4. The van der Waals surface area contributed by atoms with Crippen LogP contribution in [0.15, 0.2) is 0 Å². The summed E-state index contributed by atoms with van der Waals surface area (Å²) in [6, 6.07) is 0. The fraction of sp³-hybridized carbons (Fsp3) is 1.00. The zero-order valence-corrected chi connectivity index (χ0v) is 12.5. The van der Waals surface area contributed by atoms with Gasteiger partial charge in [-0.2, -0.15) is 0 Å². The van der Waals surface area contributed by atoms with Gasteiger partial charge in [0.1, 0.15) is 0 Å². The van der Waals surface area contributed by atoms with Crippen LogP contribution in [-0.2, 0) is 14.8 Å². The van der Waals surface area contributed by atoms with Crippen LogP contribution in [0, 0.1) is 5.92 Å². The summed E-state index contributed by atoms with van der Waals surface area (Å²) in [4.78, 5) is 0. The minimum absolute atomic E-state index is 0.338. The molecule has 0 spiro atoms. The number of ether oxygens (including phenoxy) is 1. The third kappa shape index (κ3) is 4.50. The van der Waals surface area contributed by atoms with E-state index in [-0.39, 0.29) is 5.25 Å². The Hall–Kier alpha value is -0.170. The SMILES string of the molecule is CCNCC(C)S(=O)(=O)N(C)CC1CCCOC1. The van der Waals surface area contributed by atoms with Crippen LogP contribution in [0.3, 0.4) is 0 Å². The van der Waals surface area contributed by atoms with Crippen molar-refractivity contribution in [3.05, 3.63) is 0 Å². The molecule has 1 heterocycles. The molecule has 1 rings (SSSR count). The third-order valence-electron chi connectivity index (χ3n) is 3.39. The van der Waals surface area contributed by atoms with Gasteiger partial charge in [0.15, 0.2) is 0 Å². The van der Waals surface area contributed by atoms with Crippen molar-refractivity contribution >= 4 is 10.0 Å². The maximum atomic E-state index is 12.3. The Balaban J connectivity index is 2.49. The van der Waals surface area contributed by atoms with Crippen LogP contribution in [-0.4, -0.2) is 57.9 Å². The van der Waals surface area contributed by atoms with Crippen molar-refractivity contribution in [3.8, 4) is 0 Å². The molecule has 5 nitrogen and oxygen atoms in total. The van der Waals surface area contributed by atoms with Gasteiger partial charge in [0.05, 0.1) is 11.9 Å². The maximum Gasteiger partial charge on any atom is 0.217 e. The lowest BCUT2D eigenvalue weighted by atomic mass is 10.0. The van der Waals surface area contributed by atoms with Crippen LogP contribution < -0.4 is 5.32 Å². The van der Waals surface area contributed by atoms with Crippen molar-refractivity contribution in [1.82, 2.24) is 9.62 Å². The van der Waals surface area contributed by atoms with E-state index in [1.54, 1.807) is 14.0 Å². The van der Waals surface area contributed by atoms with Gasteiger partial charge in [0.25, 0.3) is 0 Å². The lowest BCUT2D eigenvalue weighted by molar-refractivity contribution is 0.0494. The van der Waals surface area contributed by atoms with Gasteiger partial charge >= 0.3 is 0 Å². The van der Waals surface area contributed by atoms with Crippen LogP contribution in [0.25, 0.3) is 0 Å². The summed E-state index contributed by atoms with van der Waals surface area (Å²) in [7, 11) is -1.52. The number of hydrogen-bond donors (Lipinski definition) is 1. The van der Waals surface area contributed by atoms with Gasteiger partial charge in [-0.1, -0.05) is 6.92 Å². The Morgan fingerprint density at radius 1 is 1.50 bits per heavy atom. The number of nitrogens with one attached hydrogen (secondary N) is 1. The summed E-state index contributed by atoms with van der Waals surface area (Å²) in [5, 5.41) is 2.70. The average Bonchev–Trinajstić information content (AvgIpc) is 2.36. The Morgan fingerprint density at radius 2 is 2.22 bits per heavy atom. The molecule has 0 aliphatic carbocycles. The van der Waals surface area contributed by atoms with Gasteiger partial charge in [-0.05, 0) is 32.2 Å².